The lowest BCUT2D eigenvalue weighted by molar-refractivity contribution is -0.138. The van der Waals surface area contributed by atoms with Crippen LogP contribution in [0.15, 0.2) is 46.6 Å². The smallest absolute Gasteiger partial charge is 0.397 e. The van der Waals surface area contributed by atoms with Crippen molar-refractivity contribution in [3.05, 3.63) is 74.7 Å². The van der Waals surface area contributed by atoms with Crippen molar-refractivity contribution < 1.29 is 30.7 Å². The lowest BCUT2D eigenvalue weighted by Crippen LogP contribution is -2.24. The van der Waals surface area contributed by atoms with Gasteiger partial charge in [0.25, 0.3) is 11.1 Å². The number of alkyl halides is 6. The maximum absolute atomic E-state index is 14.5. The van der Waals surface area contributed by atoms with E-state index in [1.807, 2.05) is 0 Å². The van der Waals surface area contributed by atoms with Gasteiger partial charge >= 0.3 is 12.4 Å². The Balaban J connectivity index is 0.000000307. The summed E-state index contributed by atoms with van der Waals surface area (Å²) in [6.45, 7) is 2.58. The summed E-state index contributed by atoms with van der Waals surface area (Å²) in [5.74, 6) is -1.01. The summed E-state index contributed by atoms with van der Waals surface area (Å²) in [6, 6.07) is 2.31. The highest BCUT2D eigenvalue weighted by Crippen LogP contribution is 2.30. The molecular formula is C24H22F7N7O2. The maximum Gasteiger partial charge on any atom is 0.423 e. The number of aromatic nitrogens is 6. The van der Waals surface area contributed by atoms with Gasteiger partial charge in [-0.25, -0.2) is 24.4 Å². The average Bonchev–Trinajstić information content (AvgIpc) is 2.87. The van der Waals surface area contributed by atoms with Crippen LogP contribution in [0.2, 0.25) is 0 Å². The highest BCUT2D eigenvalue weighted by Gasteiger charge is 2.36. The molecule has 0 spiro atoms. The standard InChI is InChI=1S/C19H18F4N4O.C5H4F3N3O/c1-2-3-4-5-6-27-11-26-16-8-13(15(20)7-14(16)18(27)28)17-24-9-12(10-25-17)19(21,22)23;6-5(7,8)3-2(9)1-10-11-4(3)12/h7-11H,2-6H2,1H3;1H,(H3,9,11,12). The van der Waals surface area contributed by atoms with Crippen LogP contribution in [0, 0.1) is 5.82 Å². The number of aryl methyl sites for hydroxylation is 1. The van der Waals surface area contributed by atoms with Gasteiger partial charge in [0.05, 0.1) is 40.2 Å². The predicted octanol–water partition coefficient (Wildman–Crippen LogP) is 4.96. The molecule has 0 aliphatic carbocycles. The molecular weight excluding hydrogens is 551 g/mol. The predicted molar refractivity (Wildman–Crippen MR) is 130 cm³/mol. The quantitative estimate of drug-likeness (QED) is 0.246. The molecule has 0 atom stereocenters. The zero-order chi connectivity index (χ0) is 29.7. The van der Waals surface area contributed by atoms with Crippen LogP contribution in [0.4, 0.5) is 36.4 Å². The summed E-state index contributed by atoms with van der Waals surface area (Å²) in [5.41, 5.74) is 0.221. The normalized spacial score (nSPS) is 11.8. The van der Waals surface area contributed by atoms with Crippen LogP contribution in [0.5, 0.6) is 0 Å². The molecule has 214 valence electrons. The van der Waals surface area contributed by atoms with Crippen molar-refractivity contribution >= 4 is 16.6 Å². The van der Waals surface area contributed by atoms with E-state index in [2.05, 4.69) is 27.0 Å². The van der Waals surface area contributed by atoms with E-state index in [1.165, 1.54) is 17.0 Å². The van der Waals surface area contributed by atoms with Gasteiger partial charge in [-0.3, -0.25) is 14.2 Å². The first kappa shape index (κ1) is 30.2. The molecule has 0 radical (unpaired) electrons. The minimum Gasteiger partial charge on any atom is -0.397 e. The SMILES string of the molecule is CCCCCCn1cnc2cc(-c3ncc(C(F)(F)F)cn3)c(F)cc2c1=O.Nc1cn[nH]c(=O)c1C(F)(F)F. The molecule has 4 rings (SSSR count). The molecule has 16 heteroatoms. The molecule has 4 aromatic rings. The summed E-state index contributed by atoms with van der Waals surface area (Å²) in [6.07, 6.45) is -2.05. The van der Waals surface area contributed by atoms with Crippen LogP contribution in [0.25, 0.3) is 22.3 Å². The van der Waals surface area contributed by atoms with Crippen LogP contribution in [0.1, 0.15) is 43.7 Å². The van der Waals surface area contributed by atoms with Gasteiger partial charge in [-0.05, 0) is 18.6 Å². The number of hydrogen-bond acceptors (Lipinski definition) is 7. The molecule has 0 bridgehead atoms. The molecule has 0 unspecified atom stereocenters. The fourth-order valence-electron chi connectivity index (χ4n) is 3.54. The average molecular weight is 573 g/mol. The van der Waals surface area contributed by atoms with Crippen LogP contribution in [-0.4, -0.2) is 29.7 Å². The van der Waals surface area contributed by atoms with Crippen molar-refractivity contribution in [1.82, 2.24) is 29.7 Å². The van der Waals surface area contributed by atoms with Crippen molar-refractivity contribution in [2.75, 3.05) is 5.73 Å². The van der Waals surface area contributed by atoms with Crippen LogP contribution < -0.4 is 16.9 Å². The Morgan fingerprint density at radius 1 is 0.925 bits per heavy atom. The summed E-state index contributed by atoms with van der Waals surface area (Å²) in [4.78, 5) is 34.5. The molecule has 0 saturated carbocycles. The van der Waals surface area contributed by atoms with Gasteiger partial charge in [0.2, 0.25) is 0 Å². The second-order valence-corrected chi connectivity index (χ2v) is 8.47. The first-order chi connectivity index (χ1) is 18.7. The number of nitrogen functional groups attached to an aromatic ring is 1. The van der Waals surface area contributed by atoms with E-state index in [9.17, 15) is 40.3 Å². The third-order valence-electron chi connectivity index (χ3n) is 5.55. The second kappa shape index (κ2) is 12.2. The van der Waals surface area contributed by atoms with Crippen LogP contribution in [0.3, 0.4) is 0 Å². The molecule has 9 nitrogen and oxygen atoms in total. The van der Waals surface area contributed by atoms with Gasteiger partial charge in [-0.2, -0.15) is 31.4 Å². The van der Waals surface area contributed by atoms with E-state index in [1.54, 1.807) is 5.10 Å². The fraction of sp³-hybridized carbons (Fsp3) is 0.333. The van der Waals surface area contributed by atoms with E-state index >= 15 is 0 Å². The van der Waals surface area contributed by atoms with Crippen molar-refractivity contribution in [3.63, 3.8) is 0 Å². The number of hydrogen-bond donors (Lipinski definition) is 2. The number of aromatic amines is 1. The Kier molecular flexibility index (Phi) is 9.21. The summed E-state index contributed by atoms with van der Waals surface area (Å²) >= 11 is 0. The van der Waals surface area contributed by atoms with Crippen molar-refractivity contribution in [3.8, 4) is 11.4 Å². The highest BCUT2D eigenvalue weighted by atomic mass is 19.4. The Morgan fingerprint density at radius 3 is 2.15 bits per heavy atom. The molecule has 1 aromatic carbocycles. The molecule has 0 aliphatic heterocycles. The lowest BCUT2D eigenvalue weighted by atomic mass is 10.1. The Morgan fingerprint density at radius 2 is 1.60 bits per heavy atom. The monoisotopic (exact) mass is 573 g/mol. The zero-order valence-corrected chi connectivity index (χ0v) is 20.8. The number of benzene rings is 1. The first-order valence-corrected chi connectivity index (χ1v) is 11.7. The van der Waals surface area contributed by atoms with Gasteiger partial charge < -0.3 is 5.73 Å². The maximum atomic E-state index is 14.5. The largest absolute Gasteiger partial charge is 0.423 e. The third kappa shape index (κ3) is 7.18. The third-order valence-corrected chi connectivity index (χ3v) is 5.55. The summed E-state index contributed by atoms with van der Waals surface area (Å²) in [7, 11) is 0. The molecule has 40 heavy (non-hydrogen) atoms. The van der Waals surface area contributed by atoms with Gasteiger partial charge in [0.1, 0.15) is 11.4 Å². The number of unbranched alkanes of at least 4 members (excludes halogenated alkanes) is 3. The fourth-order valence-corrected chi connectivity index (χ4v) is 3.54. The van der Waals surface area contributed by atoms with Gasteiger partial charge in [0.15, 0.2) is 5.82 Å². The van der Waals surface area contributed by atoms with Crippen molar-refractivity contribution in [2.24, 2.45) is 0 Å². The molecule has 3 N–H and O–H groups in total. The molecule has 0 fully saturated rings. The topological polar surface area (TPSA) is 132 Å². The molecule has 3 aromatic heterocycles. The van der Waals surface area contributed by atoms with E-state index in [4.69, 9.17) is 5.73 Å². The number of nitrogens with two attached hydrogens (primary N) is 1. The number of H-pyrrole nitrogens is 1. The van der Waals surface area contributed by atoms with E-state index in [0.29, 0.717) is 18.9 Å². The van der Waals surface area contributed by atoms with Gasteiger partial charge in [0, 0.05) is 18.9 Å². The first-order valence-electron chi connectivity index (χ1n) is 11.7. The highest BCUT2D eigenvalue weighted by molar-refractivity contribution is 5.82. The number of nitrogens with one attached hydrogen (secondary N) is 1. The Hall–Kier alpha value is -4.37. The number of fused-ring (bicyclic) bond motifs is 1. The number of nitrogens with zero attached hydrogens (tertiary/aromatic N) is 5. The molecule has 0 saturated heterocycles. The molecule has 0 aliphatic rings. The van der Waals surface area contributed by atoms with E-state index in [-0.39, 0.29) is 27.9 Å². The second-order valence-electron chi connectivity index (χ2n) is 8.47. The summed E-state index contributed by atoms with van der Waals surface area (Å²) in [5, 5.41) is 4.84. The zero-order valence-electron chi connectivity index (χ0n) is 20.8. The van der Waals surface area contributed by atoms with Gasteiger partial charge in [-0.15, -0.1) is 0 Å². The van der Waals surface area contributed by atoms with E-state index in [0.717, 1.165) is 37.9 Å². The number of anilines is 1. The van der Waals surface area contributed by atoms with Crippen molar-refractivity contribution in [1.29, 1.82) is 0 Å². The van der Waals surface area contributed by atoms with Gasteiger partial charge in [-0.1, -0.05) is 26.2 Å². The Bertz CT molecular complexity index is 1580. The molecule has 3 heterocycles. The Labute approximate surface area is 220 Å². The number of rotatable bonds is 6. The molecule has 0 amide bonds. The lowest BCUT2D eigenvalue weighted by Gasteiger charge is -2.09. The van der Waals surface area contributed by atoms with Crippen molar-refractivity contribution in [2.45, 2.75) is 51.5 Å². The number of halogens is 7. The minimum atomic E-state index is -4.74. The van der Waals surface area contributed by atoms with E-state index < -0.39 is 40.5 Å². The van der Waals surface area contributed by atoms with Crippen LogP contribution >= 0.6 is 0 Å². The summed E-state index contributed by atoms with van der Waals surface area (Å²) < 4.78 is 89.8. The minimum absolute atomic E-state index is 0.103. The van der Waals surface area contributed by atoms with Crippen LogP contribution in [-0.2, 0) is 18.9 Å².